The lowest BCUT2D eigenvalue weighted by Crippen LogP contribution is -2.42. The van der Waals surface area contributed by atoms with E-state index < -0.39 is 0 Å². The van der Waals surface area contributed by atoms with Gasteiger partial charge < -0.3 is 24.1 Å². The maximum atomic E-state index is 5.52. The van der Waals surface area contributed by atoms with Gasteiger partial charge in [-0.15, -0.1) is 0 Å². The van der Waals surface area contributed by atoms with Crippen molar-refractivity contribution in [2.75, 3.05) is 72.7 Å². The molecule has 7 nitrogen and oxygen atoms in total. The van der Waals surface area contributed by atoms with Gasteiger partial charge in [-0.25, -0.2) is 0 Å². The summed E-state index contributed by atoms with van der Waals surface area (Å²) in [4.78, 5) is 9.58. The molecule has 3 rings (SSSR count). The van der Waals surface area contributed by atoms with Crippen molar-refractivity contribution in [2.24, 2.45) is 10.9 Å². The van der Waals surface area contributed by atoms with Crippen LogP contribution in [0.15, 0.2) is 27.8 Å². The summed E-state index contributed by atoms with van der Waals surface area (Å²) in [5.74, 6) is 2.58. The summed E-state index contributed by atoms with van der Waals surface area (Å²) in [5, 5.41) is 3.51. The number of aliphatic imine (C=N–C) groups is 1. The normalized spacial score (nSPS) is 21.5. The minimum Gasteiger partial charge on any atom is -0.469 e. The van der Waals surface area contributed by atoms with Gasteiger partial charge in [0.05, 0.1) is 26.1 Å². The molecule has 2 aliphatic heterocycles. The van der Waals surface area contributed by atoms with Gasteiger partial charge in [-0.05, 0) is 25.0 Å². The SMILES string of the molecule is CN(CC1CCOC1)C(=NCCCN1CCOCC1)NCCc1ccco1. The van der Waals surface area contributed by atoms with Crippen LogP contribution in [0.3, 0.4) is 0 Å². The molecule has 2 aliphatic rings. The molecule has 1 unspecified atom stereocenters. The van der Waals surface area contributed by atoms with Gasteiger partial charge in [-0.3, -0.25) is 9.89 Å². The number of furan rings is 1. The fourth-order valence-electron chi connectivity index (χ4n) is 3.57. The van der Waals surface area contributed by atoms with Crippen molar-refractivity contribution in [1.82, 2.24) is 15.1 Å². The van der Waals surface area contributed by atoms with Crippen molar-refractivity contribution in [3.8, 4) is 0 Å². The molecule has 2 saturated heterocycles. The number of rotatable bonds is 9. The molecule has 152 valence electrons. The molecule has 1 aromatic heterocycles. The van der Waals surface area contributed by atoms with Crippen LogP contribution < -0.4 is 5.32 Å². The van der Waals surface area contributed by atoms with E-state index in [1.807, 2.05) is 12.1 Å². The van der Waals surface area contributed by atoms with E-state index in [4.69, 9.17) is 18.9 Å². The minimum atomic E-state index is 0.598. The molecule has 0 saturated carbocycles. The summed E-state index contributed by atoms with van der Waals surface area (Å²) in [6.45, 7) is 9.27. The van der Waals surface area contributed by atoms with E-state index in [1.165, 1.54) is 0 Å². The molecule has 1 N–H and O–H groups in total. The third-order valence-corrected chi connectivity index (χ3v) is 5.15. The number of morpholine rings is 1. The second kappa shape index (κ2) is 11.3. The van der Waals surface area contributed by atoms with Gasteiger partial charge >= 0.3 is 0 Å². The molecule has 7 heteroatoms. The van der Waals surface area contributed by atoms with Crippen LogP contribution in [-0.2, 0) is 15.9 Å². The number of hydrogen-bond acceptors (Lipinski definition) is 5. The van der Waals surface area contributed by atoms with Crippen LogP contribution in [0.4, 0.5) is 0 Å². The number of nitrogens with zero attached hydrogens (tertiary/aromatic N) is 3. The largest absolute Gasteiger partial charge is 0.469 e. The molecule has 0 spiro atoms. The van der Waals surface area contributed by atoms with Crippen LogP contribution in [0.1, 0.15) is 18.6 Å². The summed E-state index contributed by atoms with van der Waals surface area (Å²) in [6.07, 6.45) is 4.80. The average Bonchev–Trinajstić information content (AvgIpc) is 3.38. The maximum absolute atomic E-state index is 5.52. The minimum absolute atomic E-state index is 0.598. The molecule has 1 atom stereocenters. The Kier molecular flexibility index (Phi) is 8.45. The number of ether oxygens (including phenoxy) is 2. The number of guanidine groups is 1. The van der Waals surface area contributed by atoms with Gasteiger partial charge in [0.15, 0.2) is 5.96 Å². The van der Waals surface area contributed by atoms with E-state index in [2.05, 4.69) is 22.2 Å². The molecule has 0 radical (unpaired) electrons. The van der Waals surface area contributed by atoms with Crippen molar-refractivity contribution in [3.63, 3.8) is 0 Å². The Balaban J connectivity index is 1.45. The van der Waals surface area contributed by atoms with Gasteiger partial charge in [0.2, 0.25) is 0 Å². The molecule has 2 fully saturated rings. The summed E-state index contributed by atoms with van der Waals surface area (Å²) < 4.78 is 16.4. The van der Waals surface area contributed by atoms with E-state index in [-0.39, 0.29) is 0 Å². The van der Waals surface area contributed by atoms with E-state index in [9.17, 15) is 0 Å². The standard InChI is InChI=1S/C20H34N4O3/c1-23(16-18-6-13-26-17-18)20(22-8-5-19-4-2-12-27-19)21-7-3-9-24-10-14-25-15-11-24/h2,4,12,18H,3,5-11,13-17H2,1H3,(H,21,22). The smallest absolute Gasteiger partial charge is 0.193 e. The average molecular weight is 379 g/mol. The monoisotopic (exact) mass is 378 g/mol. The summed E-state index contributed by atoms with van der Waals surface area (Å²) in [6, 6.07) is 3.95. The van der Waals surface area contributed by atoms with Crippen LogP contribution in [0.2, 0.25) is 0 Å². The summed E-state index contributed by atoms with van der Waals surface area (Å²) >= 11 is 0. The van der Waals surface area contributed by atoms with Gasteiger partial charge in [0.25, 0.3) is 0 Å². The third kappa shape index (κ3) is 7.16. The lowest BCUT2D eigenvalue weighted by Gasteiger charge is -2.27. The van der Waals surface area contributed by atoms with E-state index in [0.717, 1.165) is 96.7 Å². The van der Waals surface area contributed by atoms with Crippen LogP contribution in [-0.4, -0.2) is 88.5 Å². The third-order valence-electron chi connectivity index (χ3n) is 5.15. The van der Waals surface area contributed by atoms with Crippen LogP contribution in [0.5, 0.6) is 0 Å². The molecular formula is C20H34N4O3. The summed E-state index contributed by atoms with van der Waals surface area (Å²) in [7, 11) is 2.12. The van der Waals surface area contributed by atoms with E-state index >= 15 is 0 Å². The zero-order valence-electron chi connectivity index (χ0n) is 16.6. The zero-order chi connectivity index (χ0) is 18.7. The number of nitrogens with one attached hydrogen (secondary N) is 1. The van der Waals surface area contributed by atoms with Gasteiger partial charge in [-0.2, -0.15) is 0 Å². The molecule has 1 aromatic rings. The predicted molar refractivity (Wildman–Crippen MR) is 106 cm³/mol. The Morgan fingerprint density at radius 1 is 1.30 bits per heavy atom. The second-order valence-electron chi connectivity index (χ2n) is 7.38. The Morgan fingerprint density at radius 3 is 2.93 bits per heavy atom. The van der Waals surface area contributed by atoms with Crippen molar-refractivity contribution in [3.05, 3.63) is 24.2 Å². The highest BCUT2D eigenvalue weighted by molar-refractivity contribution is 5.79. The fraction of sp³-hybridized carbons (Fsp3) is 0.750. The number of hydrogen-bond donors (Lipinski definition) is 1. The van der Waals surface area contributed by atoms with Gasteiger partial charge in [0, 0.05) is 65.3 Å². The quantitative estimate of drug-likeness (QED) is 0.399. The van der Waals surface area contributed by atoms with Crippen LogP contribution in [0.25, 0.3) is 0 Å². The van der Waals surface area contributed by atoms with Crippen molar-refractivity contribution in [2.45, 2.75) is 19.3 Å². The zero-order valence-corrected chi connectivity index (χ0v) is 16.6. The lowest BCUT2D eigenvalue weighted by atomic mass is 10.1. The highest BCUT2D eigenvalue weighted by Crippen LogP contribution is 2.13. The molecule has 27 heavy (non-hydrogen) atoms. The lowest BCUT2D eigenvalue weighted by molar-refractivity contribution is 0.0377. The molecular weight excluding hydrogens is 344 g/mol. The van der Waals surface area contributed by atoms with Gasteiger partial charge in [0.1, 0.15) is 5.76 Å². The van der Waals surface area contributed by atoms with Crippen molar-refractivity contribution in [1.29, 1.82) is 0 Å². The first-order valence-corrected chi connectivity index (χ1v) is 10.2. The van der Waals surface area contributed by atoms with E-state index in [1.54, 1.807) is 6.26 Å². The molecule has 0 amide bonds. The van der Waals surface area contributed by atoms with E-state index in [0.29, 0.717) is 5.92 Å². The molecule has 0 bridgehead atoms. The first kappa shape index (κ1) is 20.2. The molecule has 3 heterocycles. The first-order valence-electron chi connectivity index (χ1n) is 10.2. The fourth-order valence-corrected chi connectivity index (χ4v) is 3.57. The summed E-state index contributed by atoms with van der Waals surface area (Å²) in [5.41, 5.74) is 0. The predicted octanol–water partition coefficient (Wildman–Crippen LogP) is 1.46. The highest BCUT2D eigenvalue weighted by atomic mass is 16.5. The molecule has 0 aromatic carbocycles. The maximum Gasteiger partial charge on any atom is 0.193 e. The van der Waals surface area contributed by atoms with Crippen molar-refractivity contribution < 1.29 is 13.9 Å². The topological polar surface area (TPSA) is 62.5 Å². The first-order chi connectivity index (χ1) is 13.3. The van der Waals surface area contributed by atoms with Gasteiger partial charge in [-0.1, -0.05) is 0 Å². The Labute approximate surface area is 162 Å². The Hall–Kier alpha value is -1.57. The van der Waals surface area contributed by atoms with Crippen LogP contribution in [0, 0.1) is 5.92 Å². The Bertz CT molecular complexity index is 537. The van der Waals surface area contributed by atoms with Crippen molar-refractivity contribution >= 4 is 5.96 Å². The second-order valence-corrected chi connectivity index (χ2v) is 7.38. The highest BCUT2D eigenvalue weighted by Gasteiger charge is 2.19. The van der Waals surface area contributed by atoms with Crippen LogP contribution >= 0.6 is 0 Å². The molecule has 0 aliphatic carbocycles. The Morgan fingerprint density at radius 2 is 2.19 bits per heavy atom.